The van der Waals surface area contributed by atoms with E-state index in [0.29, 0.717) is 6.42 Å². The molecule has 0 aromatic heterocycles. The minimum atomic E-state index is -2.59. The number of aliphatic hydroxyl groups excluding tert-OH is 1. The third-order valence-corrected chi connectivity index (χ3v) is 1.41. The maximum atomic E-state index is 10.7. The molecule has 0 aliphatic carbocycles. The van der Waals surface area contributed by atoms with Crippen molar-refractivity contribution in [2.45, 2.75) is 12.8 Å². The van der Waals surface area contributed by atoms with Crippen LogP contribution in [0.3, 0.4) is 0 Å². The van der Waals surface area contributed by atoms with Crippen LogP contribution in [0.2, 0.25) is 0 Å². The molecule has 0 bridgehead atoms. The first-order chi connectivity index (χ1) is 6.16. The molecule has 0 amide bonds. The molecule has 1 N–H and O–H groups in total. The number of carbonyl (C=O) groups is 1. The second-order valence-electron chi connectivity index (χ2n) is 2.07. The molecule has 0 rings (SSSR count). The van der Waals surface area contributed by atoms with Gasteiger partial charge >= 0.3 is 65.1 Å². The Morgan fingerprint density at radius 2 is 2.00 bits per heavy atom. The molecule has 0 heterocycles. The van der Waals surface area contributed by atoms with Gasteiger partial charge in [-0.15, -0.1) is 0 Å². The summed E-state index contributed by atoms with van der Waals surface area (Å²) in [6.45, 7) is -0.127. The fourth-order valence-electron chi connectivity index (χ4n) is 0.516. The molecule has 6 nitrogen and oxygen atoms in total. The van der Waals surface area contributed by atoms with Crippen LogP contribution in [0, 0.1) is 0 Å². The van der Waals surface area contributed by atoms with Gasteiger partial charge in [0.05, 0.1) is 31.0 Å². The zero-order chi connectivity index (χ0) is 10.1. The van der Waals surface area contributed by atoms with E-state index in [1.165, 1.54) is 0 Å². The van der Waals surface area contributed by atoms with Crippen molar-refractivity contribution in [1.82, 2.24) is 0 Å². The molecule has 0 aliphatic heterocycles. The van der Waals surface area contributed by atoms with Crippen molar-refractivity contribution in [3.63, 3.8) is 0 Å². The molecule has 0 saturated heterocycles. The van der Waals surface area contributed by atoms with E-state index in [1.54, 1.807) is 0 Å². The number of hydrogen-bond donors (Lipinski definition) is 1. The van der Waals surface area contributed by atoms with Crippen molar-refractivity contribution >= 4 is 17.3 Å². The predicted molar refractivity (Wildman–Crippen MR) is 44.4 cm³/mol. The summed E-state index contributed by atoms with van der Waals surface area (Å²) in [5.74, 6) is -0.543. The van der Waals surface area contributed by atoms with E-state index in [0.717, 1.165) is 0 Å². The summed E-state index contributed by atoms with van der Waals surface area (Å²) < 4.78 is 28.3. The maximum Gasteiger partial charge on any atom is 1.00 e. The van der Waals surface area contributed by atoms with Gasteiger partial charge in [0.25, 0.3) is 0 Å². The summed E-state index contributed by atoms with van der Waals surface area (Å²) in [6, 6.07) is 0. The second-order valence-corrected chi connectivity index (χ2v) is 2.72. The van der Waals surface area contributed by atoms with Gasteiger partial charge in [-0.3, -0.25) is 4.79 Å². The summed E-state index contributed by atoms with van der Waals surface area (Å²) in [4.78, 5) is 10.7. The Labute approximate surface area is 138 Å². The molecule has 1 unspecified atom stereocenters. The van der Waals surface area contributed by atoms with E-state index >= 15 is 0 Å². The largest absolute Gasteiger partial charge is 1.00 e. The van der Waals surface area contributed by atoms with E-state index in [1.807, 2.05) is 0 Å². The van der Waals surface area contributed by atoms with E-state index in [2.05, 4.69) is 8.92 Å². The summed E-state index contributed by atoms with van der Waals surface area (Å²) in [5.41, 5.74) is 0. The van der Waals surface area contributed by atoms with Crippen LogP contribution < -0.4 is 59.1 Å². The minimum absolute atomic E-state index is 0. The molecular weight excluding hydrogens is 246 g/mol. The van der Waals surface area contributed by atoms with Crippen molar-refractivity contribution in [3.8, 4) is 0 Å². The van der Waals surface area contributed by atoms with Gasteiger partial charge in [-0.25, -0.2) is 4.21 Å². The second kappa shape index (κ2) is 15.5. The van der Waals surface area contributed by atoms with Crippen LogP contribution in [0.4, 0.5) is 0 Å². The van der Waals surface area contributed by atoms with Crippen molar-refractivity contribution in [2.75, 3.05) is 19.8 Å². The molecule has 82 valence electrons. The SMILES string of the molecule is O=C(CCOS(=O)[O-])OCCCO.[H-].[H-].[Na+].[Na+]. The zero-order valence-electron chi connectivity index (χ0n) is 10.9. The third-order valence-electron chi connectivity index (χ3n) is 1.05. The quantitative estimate of drug-likeness (QED) is 0.211. The van der Waals surface area contributed by atoms with E-state index in [-0.39, 0.29) is 88.2 Å². The topological polar surface area (TPSA) is 95.9 Å². The number of carbonyl (C=O) groups excluding carboxylic acids is 1. The third kappa shape index (κ3) is 18.1. The number of esters is 1. The average molecular weight is 259 g/mol. The van der Waals surface area contributed by atoms with E-state index in [4.69, 9.17) is 5.11 Å². The molecule has 9 heteroatoms. The molecule has 0 aromatic rings. The Bertz CT molecular complexity index is 188. The summed E-state index contributed by atoms with van der Waals surface area (Å²) in [6.07, 6.45) is 0.263. The van der Waals surface area contributed by atoms with E-state index in [9.17, 15) is 13.6 Å². The first kappa shape index (κ1) is 21.8. The number of hydrogen-bond acceptors (Lipinski definition) is 6. The smallest absolute Gasteiger partial charge is 1.00 e. The number of rotatable bonds is 7. The van der Waals surface area contributed by atoms with Gasteiger partial charge in [-0.2, -0.15) is 0 Å². The van der Waals surface area contributed by atoms with Gasteiger partial charge in [-0.05, 0) is 0 Å². The Hall–Kier alpha value is 1.50. The number of ether oxygens (including phenoxy) is 1. The van der Waals surface area contributed by atoms with Crippen LogP contribution in [0.1, 0.15) is 15.7 Å². The molecular formula is C6H13Na2O6S-. The summed E-state index contributed by atoms with van der Waals surface area (Å²) in [5, 5.41) is 8.33. The maximum absolute atomic E-state index is 10.7. The first-order valence-electron chi connectivity index (χ1n) is 3.66. The van der Waals surface area contributed by atoms with Gasteiger partial charge in [0.1, 0.15) is 0 Å². The summed E-state index contributed by atoms with van der Waals surface area (Å²) >= 11 is -2.59. The molecule has 15 heavy (non-hydrogen) atoms. The minimum Gasteiger partial charge on any atom is -1.00 e. The van der Waals surface area contributed by atoms with E-state index < -0.39 is 17.3 Å². The number of aliphatic hydroxyl groups is 1. The monoisotopic (exact) mass is 259 g/mol. The Balaban J connectivity index is -0.000000120. The van der Waals surface area contributed by atoms with Crippen molar-refractivity contribution in [3.05, 3.63) is 0 Å². The van der Waals surface area contributed by atoms with Gasteiger partial charge in [0.2, 0.25) is 0 Å². The molecule has 1 atom stereocenters. The van der Waals surface area contributed by atoms with Crippen molar-refractivity contribution in [1.29, 1.82) is 0 Å². The average Bonchev–Trinajstić information content (AvgIpc) is 2.04. The Kier molecular flexibility index (Phi) is 22.5. The molecule has 0 radical (unpaired) electrons. The van der Waals surface area contributed by atoms with Crippen molar-refractivity contribution < 1.29 is 89.6 Å². The Morgan fingerprint density at radius 1 is 1.40 bits per heavy atom. The molecule has 0 aliphatic rings. The van der Waals surface area contributed by atoms with Gasteiger partial charge in [0, 0.05) is 13.0 Å². The van der Waals surface area contributed by atoms with Crippen LogP contribution >= 0.6 is 0 Å². The van der Waals surface area contributed by atoms with Crippen LogP contribution in [-0.2, 0) is 25.1 Å². The van der Waals surface area contributed by atoms with Crippen LogP contribution in [0.5, 0.6) is 0 Å². The summed E-state index contributed by atoms with van der Waals surface area (Å²) in [7, 11) is 0. The van der Waals surface area contributed by atoms with Crippen LogP contribution in [0.15, 0.2) is 0 Å². The normalized spacial score (nSPS) is 10.8. The van der Waals surface area contributed by atoms with Gasteiger partial charge < -0.3 is 21.4 Å². The van der Waals surface area contributed by atoms with Crippen molar-refractivity contribution in [2.24, 2.45) is 0 Å². The molecule has 0 spiro atoms. The fraction of sp³-hybridized carbons (Fsp3) is 0.833. The zero-order valence-corrected chi connectivity index (χ0v) is 13.7. The fourth-order valence-corrected chi connectivity index (χ4v) is 0.735. The van der Waals surface area contributed by atoms with Gasteiger partial charge in [0.15, 0.2) is 0 Å². The molecule has 0 saturated carbocycles. The molecule has 0 fully saturated rings. The van der Waals surface area contributed by atoms with Crippen LogP contribution in [-0.4, -0.2) is 39.7 Å². The predicted octanol–water partition coefficient (Wildman–Crippen LogP) is -6.65. The standard InChI is InChI=1S/C6H12O6S.2Na.2H/c7-3-1-4-11-6(8)2-5-12-13(9)10;;;;/h7H,1-5H2,(H,9,10);;;;/q;2*+1;2*-1/p-1. The van der Waals surface area contributed by atoms with Gasteiger partial charge in [-0.1, -0.05) is 0 Å². The van der Waals surface area contributed by atoms with Crippen LogP contribution in [0.25, 0.3) is 0 Å². The first-order valence-corrected chi connectivity index (χ1v) is 4.66. The molecule has 0 aromatic carbocycles. The Morgan fingerprint density at radius 3 is 2.47 bits per heavy atom.